The average Bonchev–Trinajstić information content (AvgIpc) is 3.27. The molecular formula is C17H19ClN6O. The highest BCUT2D eigenvalue weighted by Crippen LogP contribution is 2.23. The van der Waals surface area contributed by atoms with E-state index in [1.165, 1.54) is 0 Å². The average molecular weight is 359 g/mol. The van der Waals surface area contributed by atoms with E-state index in [4.69, 9.17) is 16.1 Å². The lowest BCUT2D eigenvalue weighted by Crippen LogP contribution is -2.44. The van der Waals surface area contributed by atoms with Crippen molar-refractivity contribution in [3.63, 3.8) is 0 Å². The fraction of sp³-hybridized carbons (Fsp3) is 0.353. The van der Waals surface area contributed by atoms with Gasteiger partial charge in [-0.1, -0.05) is 35.0 Å². The number of halogens is 1. The van der Waals surface area contributed by atoms with E-state index < -0.39 is 0 Å². The maximum atomic E-state index is 6.21. The van der Waals surface area contributed by atoms with Gasteiger partial charge in [-0.05, 0) is 18.7 Å². The zero-order valence-corrected chi connectivity index (χ0v) is 14.6. The Balaban J connectivity index is 1.52. The van der Waals surface area contributed by atoms with Gasteiger partial charge < -0.3 is 9.84 Å². The normalized spacial score (nSPS) is 18.6. The molecule has 0 spiro atoms. The smallest absolute Gasteiger partial charge is 0.261 e. The highest BCUT2D eigenvalue weighted by Gasteiger charge is 2.25. The van der Waals surface area contributed by atoms with Crippen LogP contribution in [0.1, 0.15) is 17.4 Å². The van der Waals surface area contributed by atoms with Crippen LogP contribution in [0, 0.1) is 0 Å². The van der Waals surface area contributed by atoms with Gasteiger partial charge in [-0.3, -0.25) is 9.58 Å². The van der Waals surface area contributed by atoms with Gasteiger partial charge in [0.1, 0.15) is 0 Å². The Kier molecular flexibility index (Phi) is 4.52. The van der Waals surface area contributed by atoms with E-state index in [1.54, 1.807) is 6.20 Å². The predicted octanol–water partition coefficient (Wildman–Crippen LogP) is 2.21. The van der Waals surface area contributed by atoms with Gasteiger partial charge in [-0.15, -0.1) is 0 Å². The summed E-state index contributed by atoms with van der Waals surface area (Å²) < 4.78 is 7.26. The molecule has 4 rings (SSSR count). The van der Waals surface area contributed by atoms with Gasteiger partial charge in [-0.2, -0.15) is 10.1 Å². The lowest BCUT2D eigenvalue weighted by atomic mass is 10.2. The quantitative estimate of drug-likeness (QED) is 0.771. The summed E-state index contributed by atoms with van der Waals surface area (Å²) in [7, 11) is 2.07. The Bertz CT molecular complexity index is 860. The zero-order valence-electron chi connectivity index (χ0n) is 13.9. The van der Waals surface area contributed by atoms with Crippen molar-refractivity contribution in [2.75, 3.05) is 26.7 Å². The molecule has 1 N–H and O–H groups in total. The summed E-state index contributed by atoms with van der Waals surface area (Å²) in [4.78, 5) is 6.78. The second kappa shape index (κ2) is 6.95. The van der Waals surface area contributed by atoms with E-state index in [1.807, 2.05) is 35.1 Å². The van der Waals surface area contributed by atoms with Gasteiger partial charge in [0.25, 0.3) is 5.89 Å². The molecule has 3 aromatic rings. The number of benzene rings is 1. The number of nitrogens with one attached hydrogen (secondary N) is 1. The van der Waals surface area contributed by atoms with Crippen LogP contribution >= 0.6 is 11.6 Å². The molecule has 2 aromatic heterocycles. The first-order valence-corrected chi connectivity index (χ1v) is 8.59. The van der Waals surface area contributed by atoms with E-state index in [0.29, 0.717) is 18.3 Å². The number of aromatic nitrogens is 4. The second-order valence-electron chi connectivity index (χ2n) is 6.18. The van der Waals surface area contributed by atoms with Crippen LogP contribution in [0.4, 0.5) is 0 Å². The Morgan fingerprint density at radius 3 is 3.08 bits per heavy atom. The van der Waals surface area contributed by atoms with E-state index in [9.17, 15) is 0 Å². The van der Waals surface area contributed by atoms with Gasteiger partial charge in [0, 0.05) is 30.9 Å². The van der Waals surface area contributed by atoms with Crippen molar-refractivity contribution >= 4 is 11.6 Å². The molecule has 7 nitrogen and oxygen atoms in total. The van der Waals surface area contributed by atoms with Crippen molar-refractivity contribution in [1.29, 1.82) is 0 Å². The third-order valence-corrected chi connectivity index (χ3v) is 4.79. The molecule has 1 atom stereocenters. The molecule has 8 heteroatoms. The third kappa shape index (κ3) is 3.44. The topological polar surface area (TPSA) is 72.0 Å². The Hall–Kier alpha value is -2.22. The van der Waals surface area contributed by atoms with Crippen molar-refractivity contribution in [2.45, 2.75) is 12.6 Å². The summed E-state index contributed by atoms with van der Waals surface area (Å²) in [5.41, 5.74) is 1.82. The summed E-state index contributed by atoms with van der Waals surface area (Å²) >= 11 is 6.21. The largest absolute Gasteiger partial charge is 0.334 e. The monoisotopic (exact) mass is 358 g/mol. The van der Waals surface area contributed by atoms with E-state index in [0.717, 1.165) is 35.8 Å². The van der Waals surface area contributed by atoms with Crippen molar-refractivity contribution < 1.29 is 4.52 Å². The molecule has 1 aliphatic rings. The molecule has 1 fully saturated rings. The van der Waals surface area contributed by atoms with Crippen molar-refractivity contribution in [2.24, 2.45) is 0 Å². The number of piperazine rings is 1. The van der Waals surface area contributed by atoms with E-state index in [2.05, 4.69) is 32.5 Å². The molecule has 1 aliphatic heterocycles. The predicted molar refractivity (Wildman–Crippen MR) is 94.3 cm³/mol. The summed E-state index contributed by atoms with van der Waals surface area (Å²) in [5.74, 6) is 1.18. The van der Waals surface area contributed by atoms with Crippen LogP contribution in [0.5, 0.6) is 0 Å². The van der Waals surface area contributed by atoms with Gasteiger partial charge in [0.2, 0.25) is 0 Å². The third-order valence-electron chi connectivity index (χ3n) is 4.42. The van der Waals surface area contributed by atoms with Crippen LogP contribution in [0.15, 0.2) is 41.2 Å². The molecular weight excluding hydrogens is 340 g/mol. The fourth-order valence-electron chi connectivity index (χ4n) is 2.94. The summed E-state index contributed by atoms with van der Waals surface area (Å²) in [6.45, 7) is 3.36. The highest BCUT2D eigenvalue weighted by molar-refractivity contribution is 6.31. The molecule has 3 heterocycles. The summed E-state index contributed by atoms with van der Waals surface area (Å²) in [5, 5.41) is 12.6. The zero-order chi connectivity index (χ0) is 17.2. The minimum atomic E-state index is 0.129. The first kappa shape index (κ1) is 16.3. The number of nitrogens with zero attached hydrogens (tertiary/aromatic N) is 5. The van der Waals surface area contributed by atoms with Gasteiger partial charge >= 0.3 is 0 Å². The summed E-state index contributed by atoms with van der Waals surface area (Å²) in [6, 6.07) is 7.87. The van der Waals surface area contributed by atoms with Gasteiger partial charge in [0.05, 0.1) is 24.3 Å². The number of hydrogen-bond donors (Lipinski definition) is 1. The van der Waals surface area contributed by atoms with Crippen molar-refractivity contribution in [3.8, 4) is 11.5 Å². The minimum absolute atomic E-state index is 0.129. The van der Waals surface area contributed by atoms with Crippen molar-refractivity contribution in [1.82, 2.24) is 30.1 Å². The van der Waals surface area contributed by atoms with E-state index >= 15 is 0 Å². The maximum absolute atomic E-state index is 6.21. The van der Waals surface area contributed by atoms with Gasteiger partial charge in [0.15, 0.2) is 5.82 Å². The number of likely N-dealkylation sites (N-methyl/N-ethyl adjacent to an activating group) is 1. The molecule has 1 unspecified atom stereocenters. The fourth-order valence-corrected chi connectivity index (χ4v) is 3.14. The van der Waals surface area contributed by atoms with Crippen LogP contribution < -0.4 is 5.32 Å². The number of hydrogen-bond acceptors (Lipinski definition) is 6. The Morgan fingerprint density at radius 2 is 2.24 bits per heavy atom. The van der Waals surface area contributed by atoms with Crippen molar-refractivity contribution in [3.05, 3.63) is 53.1 Å². The molecule has 0 radical (unpaired) electrons. The lowest BCUT2D eigenvalue weighted by Gasteiger charge is -2.30. The van der Waals surface area contributed by atoms with Crippen LogP contribution in [0.2, 0.25) is 5.02 Å². The first-order valence-electron chi connectivity index (χ1n) is 8.21. The SMILES string of the molecule is CN1CCNCC1c1noc(-c2cnn(Cc3ccccc3Cl)c2)n1. The molecule has 130 valence electrons. The molecule has 1 saturated heterocycles. The Labute approximate surface area is 150 Å². The molecule has 25 heavy (non-hydrogen) atoms. The second-order valence-corrected chi connectivity index (χ2v) is 6.58. The molecule has 0 amide bonds. The van der Waals surface area contributed by atoms with Gasteiger partial charge in [-0.25, -0.2) is 0 Å². The molecule has 0 aliphatic carbocycles. The first-order chi connectivity index (χ1) is 12.2. The van der Waals surface area contributed by atoms with E-state index in [-0.39, 0.29) is 6.04 Å². The van der Waals surface area contributed by atoms with Crippen LogP contribution in [0.25, 0.3) is 11.5 Å². The minimum Gasteiger partial charge on any atom is -0.334 e. The standard InChI is InChI=1S/C17H19ClN6O/c1-23-7-6-19-9-15(23)16-21-17(25-22-16)13-8-20-24(11-13)10-12-4-2-3-5-14(12)18/h2-5,8,11,15,19H,6-7,9-10H2,1H3. The van der Waals surface area contributed by atoms with Crippen LogP contribution in [-0.2, 0) is 6.54 Å². The lowest BCUT2D eigenvalue weighted by molar-refractivity contribution is 0.190. The number of rotatable bonds is 4. The molecule has 0 bridgehead atoms. The Morgan fingerprint density at radius 1 is 1.36 bits per heavy atom. The van der Waals surface area contributed by atoms with Crippen LogP contribution in [-0.4, -0.2) is 51.5 Å². The highest BCUT2D eigenvalue weighted by atomic mass is 35.5. The molecule has 0 saturated carbocycles. The summed E-state index contributed by atoms with van der Waals surface area (Å²) in [6.07, 6.45) is 3.63. The maximum Gasteiger partial charge on any atom is 0.261 e. The van der Waals surface area contributed by atoms with Crippen LogP contribution in [0.3, 0.4) is 0 Å². The molecule has 1 aromatic carbocycles.